The molecule has 4 rings (SSSR count). The van der Waals surface area contributed by atoms with E-state index in [9.17, 15) is 4.79 Å². The van der Waals surface area contributed by atoms with Crippen LogP contribution in [0, 0.1) is 13.8 Å². The molecule has 0 bridgehead atoms. The van der Waals surface area contributed by atoms with Gasteiger partial charge < -0.3 is 15.1 Å². The number of amides is 2. The van der Waals surface area contributed by atoms with Crippen LogP contribution in [-0.4, -0.2) is 47.1 Å². The number of rotatable bonds is 4. The summed E-state index contributed by atoms with van der Waals surface area (Å²) in [4.78, 5) is 26.2. The number of carbonyl (C=O) groups excluding carboxylic acids is 1. The Hall–Kier alpha value is -3.41. The molecule has 1 fully saturated rings. The zero-order valence-corrected chi connectivity index (χ0v) is 19.3. The van der Waals surface area contributed by atoms with Crippen LogP contribution in [0.1, 0.15) is 36.6 Å². The van der Waals surface area contributed by atoms with Crippen LogP contribution in [0.4, 0.5) is 16.3 Å². The quantitative estimate of drug-likeness (QED) is 0.616. The van der Waals surface area contributed by atoms with Crippen LogP contribution < -0.4 is 10.2 Å². The third-order valence-electron chi connectivity index (χ3n) is 5.87. The minimum atomic E-state index is -0.0545. The minimum Gasteiger partial charge on any atom is -0.353 e. The van der Waals surface area contributed by atoms with E-state index in [-0.39, 0.29) is 6.03 Å². The van der Waals surface area contributed by atoms with Crippen LogP contribution in [0.25, 0.3) is 11.4 Å². The first kappa shape index (κ1) is 21.8. The number of nitrogens with one attached hydrogen (secondary N) is 1. The lowest BCUT2D eigenvalue weighted by Crippen LogP contribution is -2.50. The van der Waals surface area contributed by atoms with Gasteiger partial charge in [-0.25, -0.2) is 14.8 Å². The summed E-state index contributed by atoms with van der Waals surface area (Å²) in [5, 5.41) is 3.02. The van der Waals surface area contributed by atoms with Gasteiger partial charge in [-0.1, -0.05) is 55.8 Å². The second kappa shape index (κ2) is 9.39. The summed E-state index contributed by atoms with van der Waals surface area (Å²) in [6.45, 7) is 11.2. The Bertz CT molecular complexity index is 1070. The molecule has 0 saturated carbocycles. The average molecular weight is 430 g/mol. The summed E-state index contributed by atoms with van der Waals surface area (Å²) < 4.78 is 0. The summed E-state index contributed by atoms with van der Waals surface area (Å²) in [5.41, 5.74) is 5.27. The van der Waals surface area contributed by atoms with Crippen molar-refractivity contribution in [3.8, 4) is 11.4 Å². The molecule has 2 aromatic carbocycles. The van der Waals surface area contributed by atoms with Crippen LogP contribution in [0.15, 0.2) is 54.6 Å². The van der Waals surface area contributed by atoms with Crippen molar-refractivity contribution in [1.82, 2.24) is 14.9 Å². The van der Waals surface area contributed by atoms with Gasteiger partial charge in [0.2, 0.25) is 0 Å². The number of piperazine rings is 1. The van der Waals surface area contributed by atoms with E-state index in [4.69, 9.17) is 4.98 Å². The molecule has 6 heteroatoms. The maximum atomic E-state index is 12.7. The molecule has 166 valence electrons. The predicted molar refractivity (Wildman–Crippen MR) is 130 cm³/mol. The Labute approximate surface area is 190 Å². The van der Waals surface area contributed by atoms with E-state index < -0.39 is 0 Å². The van der Waals surface area contributed by atoms with Crippen molar-refractivity contribution >= 4 is 17.5 Å². The van der Waals surface area contributed by atoms with Crippen LogP contribution in [0.5, 0.6) is 0 Å². The number of hydrogen-bond acceptors (Lipinski definition) is 4. The number of benzene rings is 2. The first-order valence-electron chi connectivity index (χ1n) is 11.2. The molecular formula is C26H31N5O. The highest BCUT2D eigenvalue weighted by atomic mass is 16.2. The van der Waals surface area contributed by atoms with Crippen LogP contribution in [0.2, 0.25) is 0 Å². The Balaban J connectivity index is 1.39. The maximum absolute atomic E-state index is 12.7. The Kier molecular flexibility index (Phi) is 6.40. The van der Waals surface area contributed by atoms with Gasteiger partial charge in [0, 0.05) is 49.2 Å². The monoisotopic (exact) mass is 429 g/mol. The van der Waals surface area contributed by atoms with Crippen molar-refractivity contribution in [3.63, 3.8) is 0 Å². The smallest absolute Gasteiger partial charge is 0.321 e. The van der Waals surface area contributed by atoms with E-state index in [0.29, 0.717) is 19.0 Å². The summed E-state index contributed by atoms with van der Waals surface area (Å²) >= 11 is 0. The normalized spacial score (nSPS) is 14.0. The minimum absolute atomic E-state index is 0.0545. The van der Waals surface area contributed by atoms with Crippen molar-refractivity contribution in [2.24, 2.45) is 0 Å². The molecule has 2 heterocycles. The first-order chi connectivity index (χ1) is 15.4. The number of urea groups is 1. The number of anilines is 2. The Morgan fingerprint density at radius 2 is 1.56 bits per heavy atom. The van der Waals surface area contributed by atoms with Crippen molar-refractivity contribution in [2.75, 3.05) is 36.4 Å². The van der Waals surface area contributed by atoms with Gasteiger partial charge in [0.15, 0.2) is 5.82 Å². The summed E-state index contributed by atoms with van der Waals surface area (Å²) in [5.74, 6) is 2.13. The van der Waals surface area contributed by atoms with Gasteiger partial charge in [-0.05, 0) is 37.5 Å². The Morgan fingerprint density at radius 1 is 0.906 bits per heavy atom. The van der Waals surface area contributed by atoms with Crippen molar-refractivity contribution in [3.05, 3.63) is 71.4 Å². The van der Waals surface area contributed by atoms with E-state index in [1.54, 1.807) is 0 Å². The molecule has 0 radical (unpaired) electrons. The lowest BCUT2D eigenvalue weighted by atomic mass is 10.0. The molecule has 1 saturated heterocycles. The zero-order valence-electron chi connectivity index (χ0n) is 19.3. The molecule has 1 aliphatic heterocycles. The summed E-state index contributed by atoms with van der Waals surface area (Å²) in [7, 11) is 0. The standard InChI is InChI=1S/C26H31N5O/c1-18(2)21-9-11-23(12-10-21)28-26(32)31-15-13-30(14-16-31)24-17-20(4)27-25(29-24)22-7-5-19(3)6-8-22/h5-12,17-18H,13-16H2,1-4H3,(H,28,32). The van der Waals surface area contributed by atoms with Gasteiger partial charge in [-0.3, -0.25) is 0 Å². The zero-order chi connectivity index (χ0) is 22.7. The van der Waals surface area contributed by atoms with E-state index in [1.807, 2.05) is 30.0 Å². The van der Waals surface area contributed by atoms with Gasteiger partial charge >= 0.3 is 6.03 Å². The maximum Gasteiger partial charge on any atom is 0.321 e. The molecule has 1 aliphatic rings. The van der Waals surface area contributed by atoms with E-state index in [1.165, 1.54) is 11.1 Å². The molecule has 1 aromatic heterocycles. The van der Waals surface area contributed by atoms with Crippen molar-refractivity contribution in [1.29, 1.82) is 0 Å². The molecule has 3 aromatic rings. The molecule has 0 unspecified atom stereocenters. The van der Waals surface area contributed by atoms with Crippen LogP contribution >= 0.6 is 0 Å². The number of nitrogens with zero attached hydrogens (tertiary/aromatic N) is 4. The highest BCUT2D eigenvalue weighted by Crippen LogP contribution is 2.22. The fourth-order valence-corrected chi connectivity index (χ4v) is 3.84. The molecule has 6 nitrogen and oxygen atoms in total. The second-order valence-corrected chi connectivity index (χ2v) is 8.74. The molecule has 0 aliphatic carbocycles. The Morgan fingerprint density at radius 3 is 2.19 bits per heavy atom. The highest BCUT2D eigenvalue weighted by molar-refractivity contribution is 5.89. The average Bonchev–Trinajstić information content (AvgIpc) is 2.79. The predicted octanol–water partition coefficient (Wildman–Crippen LogP) is 5.24. The molecular weight excluding hydrogens is 398 g/mol. The third kappa shape index (κ3) is 5.07. The lowest BCUT2D eigenvalue weighted by molar-refractivity contribution is 0.208. The van der Waals surface area contributed by atoms with Gasteiger partial charge in [0.25, 0.3) is 0 Å². The van der Waals surface area contributed by atoms with Crippen molar-refractivity contribution < 1.29 is 4.79 Å². The summed E-state index contributed by atoms with van der Waals surface area (Å²) in [6.07, 6.45) is 0. The second-order valence-electron chi connectivity index (χ2n) is 8.74. The fourth-order valence-electron chi connectivity index (χ4n) is 3.84. The molecule has 32 heavy (non-hydrogen) atoms. The molecule has 2 amide bonds. The van der Waals surface area contributed by atoms with Gasteiger partial charge in [0.1, 0.15) is 5.82 Å². The third-order valence-corrected chi connectivity index (χ3v) is 5.87. The largest absolute Gasteiger partial charge is 0.353 e. The number of aromatic nitrogens is 2. The highest BCUT2D eigenvalue weighted by Gasteiger charge is 2.23. The van der Waals surface area contributed by atoms with Gasteiger partial charge in [0.05, 0.1) is 0 Å². The van der Waals surface area contributed by atoms with E-state index in [0.717, 1.165) is 41.7 Å². The van der Waals surface area contributed by atoms with Crippen molar-refractivity contribution in [2.45, 2.75) is 33.6 Å². The molecule has 0 atom stereocenters. The van der Waals surface area contributed by atoms with Gasteiger partial charge in [-0.15, -0.1) is 0 Å². The molecule has 1 N–H and O–H groups in total. The number of aryl methyl sites for hydroxylation is 2. The number of hydrogen-bond donors (Lipinski definition) is 1. The molecule has 0 spiro atoms. The fraction of sp³-hybridized carbons (Fsp3) is 0.346. The first-order valence-corrected chi connectivity index (χ1v) is 11.2. The SMILES string of the molecule is Cc1ccc(-c2nc(C)cc(N3CCN(C(=O)Nc4ccc(C(C)C)cc4)CC3)n2)cc1. The van der Waals surface area contributed by atoms with Crippen LogP contribution in [-0.2, 0) is 0 Å². The van der Waals surface area contributed by atoms with E-state index in [2.05, 4.69) is 72.4 Å². The van der Waals surface area contributed by atoms with Crippen LogP contribution in [0.3, 0.4) is 0 Å². The van der Waals surface area contributed by atoms with E-state index >= 15 is 0 Å². The van der Waals surface area contributed by atoms with Gasteiger partial charge in [-0.2, -0.15) is 0 Å². The lowest BCUT2D eigenvalue weighted by Gasteiger charge is -2.35. The number of carbonyl (C=O) groups is 1. The summed E-state index contributed by atoms with van der Waals surface area (Å²) in [6, 6.07) is 18.3. The topological polar surface area (TPSA) is 61.4 Å².